The van der Waals surface area contributed by atoms with E-state index in [4.69, 9.17) is 5.73 Å². The van der Waals surface area contributed by atoms with Crippen molar-refractivity contribution in [2.75, 3.05) is 12.4 Å². The van der Waals surface area contributed by atoms with Gasteiger partial charge in [-0.05, 0) is 25.5 Å². The summed E-state index contributed by atoms with van der Waals surface area (Å²) >= 11 is 0. The maximum atomic E-state index is 6.25. The van der Waals surface area contributed by atoms with Gasteiger partial charge in [0.15, 0.2) is 5.65 Å². The summed E-state index contributed by atoms with van der Waals surface area (Å²) in [7, 11) is 1.84. The fourth-order valence-electron chi connectivity index (χ4n) is 1.94. The molecule has 2 rings (SSSR count). The van der Waals surface area contributed by atoms with Crippen LogP contribution >= 0.6 is 0 Å². The van der Waals surface area contributed by atoms with Crippen LogP contribution in [0.2, 0.25) is 0 Å². The molecule has 1 unspecified atom stereocenters. The second-order valence-corrected chi connectivity index (χ2v) is 4.57. The molecule has 2 heterocycles. The molecule has 5 nitrogen and oxygen atoms in total. The molecule has 0 saturated carbocycles. The molecule has 0 aliphatic carbocycles. The number of pyridine rings is 1. The maximum absolute atomic E-state index is 6.25. The molecule has 5 heteroatoms. The van der Waals surface area contributed by atoms with Gasteiger partial charge in [0.2, 0.25) is 0 Å². The molecule has 2 aromatic heterocycles. The van der Waals surface area contributed by atoms with E-state index in [9.17, 15) is 0 Å². The average Bonchev–Trinajstić information content (AvgIpc) is 2.72. The van der Waals surface area contributed by atoms with Crippen molar-refractivity contribution in [3.8, 4) is 0 Å². The normalized spacial score (nSPS) is 14.8. The second kappa shape index (κ2) is 4.33. The lowest BCUT2D eigenvalue weighted by molar-refractivity contribution is 0.424. The topological polar surface area (TPSA) is 79.6 Å². The monoisotopic (exact) mass is 233 g/mol. The summed E-state index contributed by atoms with van der Waals surface area (Å²) in [6, 6.07) is 3.88. The fourth-order valence-corrected chi connectivity index (χ4v) is 1.94. The smallest absolute Gasteiger partial charge is 0.179 e. The van der Waals surface area contributed by atoms with Crippen molar-refractivity contribution in [3.63, 3.8) is 0 Å². The number of nitrogens with zero attached hydrogens (tertiary/aromatic N) is 2. The minimum Gasteiger partial charge on any atom is -0.373 e. The van der Waals surface area contributed by atoms with Crippen LogP contribution < -0.4 is 11.1 Å². The van der Waals surface area contributed by atoms with Crippen molar-refractivity contribution in [3.05, 3.63) is 18.0 Å². The summed E-state index contributed by atoms with van der Waals surface area (Å²) in [5.74, 6) is 1.61. The molecule has 0 aliphatic rings. The summed E-state index contributed by atoms with van der Waals surface area (Å²) in [6.45, 7) is 4.11. The number of imidazole rings is 1. The highest BCUT2D eigenvalue weighted by Crippen LogP contribution is 2.23. The van der Waals surface area contributed by atoms with E-state index in [1.165, 1.54) is 0 Å². The summed E-state index contributed by atoms with van der Waals surface area (Å²) in [5, 5.41) is 3.00. The van der Waals surface area contributed by atoms with Crippen LogP contribution in [-0.4, -0.2) is 22.0 Å². The van der Waals surface area contributed by atoms with E-state index >= 15 is 0 Å². The first-order valence-corrected chi connectivity index (χ1v) is 5.90. The summed E-state index contributed by atoms with van der Waals surface area (Å²) in [5.41, 5.74) is 7.46. The van der Waals surface area contributed by atoms with Gasteiger partial charge in [-0.3, -0.25) is 0 Å². The number of aromatic amines is 1. The number of aromatic nitrogens is 3. The zero-order valence-electron chi connectivity index (χ0n) is 10.5. The van der Waals surface area contributed by atoms with Gasteiger partial charge in [0, 0.05) is 7.05 Å². The number of nitrogens with one attached hydrogen (secondary N) is 2. The molecule has 0 spiro atoms. The van der Waals surface area contributed by atoms with E-state index in [0.717, 1.165) is 30.0 Å². The zero-order chi connectivity index (χ0) is 12.5. The van der Waals surface area contributed by atoms with Crippen molar-refractivity contribution in [1.82, 2.24) is 15.0 Å². The van der Waals surface area contributed by atoms with E-state index in [2.05, 4.69) is 27.2 Å². The summed E-state index contributed by atoms with van der Waals surface area (Å²) in [6.07, 6.45) is 1.92. The van der Waals surface area contributed by atoms with Gasteiger partial charge >= 0.3 is 0 Å². The van der Waals surface area contributed by atoms with E-state index in [1.807, 2.05) is 26.1 Å². The Kier molecular flexibility index (Phi) is 3.02. The number of fused-ring (bicyclic) bond motifs is 1. The number of hydrogen-bond donors (Lipinski definition) is 3. The summed E-state index contributed by atoms with van der Waals surface area (Å²) < 4.78 is 0. The van der Waals surface area contributed by atoms with Crippen LogP contribution in [0.25, 0.3) is 11.2 Å². The Morgan fingerprint density at radius 2 is 2.18 bits per heavy atom. The molecule has 4 N–H and O–H groups in total. The third kappa shape index (κ3) is 2.24. The number of hydrogen-bond acceptors (Lipinski definition) is 4. The minimum atomic E-state index is -0.421. The fraction of sp³-hybridized carbons (Fsp3) is 0.500. The van der Waals surface area contributed by atoms with Gasteiger partial charge < -0.3 is 16.0 Å². The molecule has 1 atom stereocenters. The first kappa shape index (κ1) is 11.9. The highest BCUT2D eigenvalue weighted by atomic mass is 15.1. The molecule has 0 bridgehead atoms. The minimum absolute atomic E-state index is 0.421. The van der Waals surface area contributed by atoms with Crippen molar-refractivity contribution < 1.29 is 0 Å². The van der Waals surface area contributed by atoms with Gasteiger partial charge in [-0.25, -0.2) is 9.97 Å². The van der Waals surface area contributed by atoms with Crippen LogP contribution in [-0.2, 0) is 5.54 Å². The molecule has 0 radical (unpaired) electrons. The Labute approximate surface area is 101 Å². The molecule has 17 heavy (non-hydrogen) atoms. The second-order valence-electron chi connectivity index (χ2n) is 4.57. The third-order valence-corrected chi connectivity index (χ3v) is 2.91. The van der Waals surface area contributed by atoms with Crippen LogP contribution in [0.1, 0.15) is 32.5 Å². The van der Waals surface area contributed by atoms with Crippen LogP contribution in [0.5, 0.6) is 0 Å². The lowest BCUT2D eigenvalue weighted by atomic mass is 9.97. The third-order valence-electron chi connectivity index (χ3n) is 2.91. The molecule has 0 saturated heterocycles. The van der Waals surface area contributed by atoms with E-state index < -0.39 is 5.54 Å². The van der Waals surface area contributed by atoms with Gasteiger partial charge in [-0.1, -0.05) is 13.3 Å². The number of anilines is 1. The zero-order valence-corrected chi connectivity index (χ0v) is 10.5. The van der Waals surface area contributed by atoms with Crippen LogP contribution in [0.15, 0.2) is 12.1 Å². The molecule has 0 fully saturated rings. The molecular formula is C12H19N5. The maximum Gasteiger partial charge on any atom is 0.179 e. The predicted molar refractivity (Wildman–Crippen MR) is 69.9 cm³/mol. The first-order chi connectivity index (χ1) is 8.06. The van der Waals surface area contributed by atoms with Crippen molar-refractivity contribution in [2.45, 2.75) is 32.2 Å². The summed E-state index contributed by atoms with van der Waals surface area (Å²) in [4.78, 5) is 12.1. The standard InChI is InChI=1S/C12H19N5/c1-4-7-12(2,13)11-15-8-5-6-9(14-3)16-10(8)17-11/h5-6H,4,7,13H2,1-3H3,(H2,14,15,16,17). The number of rotatable bonds is 4. The van der Waals surface area contributed by atoms with Crippen LogP contribution in [0, 0.1) is 0 Å². The molecule has 0 aliphatic heterocycles. The largest absolute Gasteiger partial charge is 0.373 e. The van der Waals surface area contributed by atoms with Crippen molar-refractivity contribution in [2.24, 2.45) is 5.73 Å². The van der Waals surface area contributed by atoms with Crippen LogP contribution in [0.4, 0.5) is 5.82 Å². The van der Waals surface area contributed by atoms with Gasteiger partial charge in [0.1, 0.15) is 11.6 Å². The van der Waals surface area contributed by atoms with Crippen LogP contribution in [0.3, 0.4) is 0 Å². The Morgan fingerprint density at radius 1 is 1.41 bits per heavy atom. The van der Waals surface area contributed by atoms with Crippen molar-refractivity contribution in [1.29, 1.82) is 0 Å². The predicted octanol–water partition coefficient (Wildman–Crippen LogP) is 1.97. The van der Waals surface area contributed by atoms with Gasteiger partial charge in [0.25, 0.3) is 0 Å². The molecule has 2 aromatic rings. The SMILES string of the molecule is CCCC(C)(N)c1nc2nc(NC)ccc2[nH]1. The number of H-pyrrole nitrogens is 1. The first-order valence-electron chi connectivity index (χ1n) is 5.90. The van der Waals surface area contributed by atoms with Gasteiger partial charge in [-0.15, -0.1) is 0 Å². The highest BCUT2D eigenvalue weighted by Gasteiger charge is 2.24. The quantitative estimate of drug-likeness (QED) is 0.754. The number of nitrogens with two attached hydrogens (primary N) is 1. The highest BCUT2D eigenvalue weighted by molar-refractivity contribution is 5.73. The average molecular weight is 233 g/mol. The molecular weight excluding hydrogens is 214 g/mol. The Balaban J connectivity index is 2.44. The Bertz CT molecular complexity index is 515. The molecule has 92 valence electrons. The molecule has 0 amide bonds. The Morgan fingerprint density at radius 3 is 2.82 bits per heavy atom. The van der Waals surface area contributed by atoms with Gasteiger partial charge in [-0.2, -0.15) is 0 Å². The van der Waals surface area contributed by atoms with E-state index in [0.29, 0.717) is 5.65 Å². The lowest BCUT2D eigenvalue weighted by Gasteiger charge is -2.20. The van der Waals surface area contributed by atoms with Crippen molar-refractivity contribution >= 4 is 17.0 Å². The Hall–Kier alpha value is -1.62. The van der Waals surface area contributed by atoms with E-state index in [1.54, 1.807) is 0 Å². The lowest BCUT2D eigenvalue weighted by Crippen LogP contribution is -2.34. The molecule has 0 aromatic carbocycles. The van der Waals surface area contributed by atoms with E-state index in [-0.39, 0.29) is 0 Å². The van der Waals surface area contributed by atoms with Gasteiger partial charge in [0.05, 0.1) is 11.1 Å².